The summed E-state index contributed by atoms with van der Waals surface area (Å²) in [7, 11) is 0. The second kappa shape index (κ2) is 19.8. The van der Waals surface area contributed by atoms with Crippen LogP contribution in [0.15, 0.2) is 103 Å². The Morgan fingerprint density at radius 2 is 1.14 bits per heavy atom. The van der Waals surface area contributed by atoms with E-state index in [4.69, 9.17) is 8.83 Å². The first-order valence-electron chi connectivity index (χ1n) is 21.4. The van der Waals surface area contributed by atoms with Crippen molar-refractivity contribution in [1.82, 2.24) is 20.2 Å². The molecule has 2 saturated carbocycles. The molecule has 0 aliphatic heterocycles. The van der Waals surface area contributed by atoms with Crippen LogP contribution in [-0.4, -0.2) is 46.6 Å². The van der Waals surface area contributed by atoms with Crippen molar-refractivity contribution < 1.29 is 17.6 Å². The molecular formula is C48H58F2N4O4. The quantitative estimate of drug-likeness (QED) is 0.0949. The average Bonchev–Trinajstić information content (AvgIpc) is 3.80. The molecule has 8 rings (SSSR count). The fraction of sp³-hybridized carbons (Fsp3) is 0.458. The lowest BCUT2D eigenvalue weighted by atomic mass is 9.81. The number of halogens is 2. The summed E-state index contributed by atoms with van der Waals surface area (Å²) in [5.41, 5.74) is 7.79. The Labute approximate surface area is 339 Å². The summed E-state index contributed by atoms with van der Waals surface area (Å²) in [4.78, 5) is 30.8. The van der Waals surface area contributed by atoms with Crippen molar-refractivity contribution in [2.45, 2.75) is 115 Å². The SMILES string of the molecule is CC(C)CN(CCCc1ccc(F)cc1)C1CCC(c2ccc3[nH]c(=O)oc3c2)CC1.O=c1[nH]c2ccc(C3CCC(NCCCc4ccc(F)cc4)CC3)cc2o1. The third kappa shape index (κ3) is 11.4. The van der Waals surface area contributed by atoms with Gasteiger partial charge in [-0.05, 0) is 179 Å². The highest BCUT2D eigenvalue weighted by molar-refractivity contribution is 5.73. The van der Waals surface area contributed by atoms with Gasteiger partial charge in [-0.1, -0.05) is 50.2 Å². The fourth-order valence-corrected chi connectivity index (χ4v) is 9.12. The van der Waals surface area contributed by atoms with Crippen LogP contribution in [0.3, 0.4) is 0 Å². The third-order valence-electron chi connectivity index (χ3n) is 12.2. The lowest BCUT2D eigenvalue weighted by molar-refractivity contribution is 0.132. The zero-order valence-corrected chi connectivity index (χ0v) is 33.9. The van der Waals surface area contributed by atoms with E-state index in [0.717, 1.165) is 94.9 Å². The fourth-order valence-electron chi connectivity index (χ4n) is 9.12. The zero-order valence-electron chi connectivity index (χ0n) is 33.9. The van der Waals surface area contributed by atoms with Crippen LogP contribution in [0, 0.1) is 17.6 Å². The second-order valence-electron chi connectivity index (χ2n) is 16.9. The zero-order chi connectivity index (χ0) is 40.4. The van der Waals surface area contributed by atoms with E-state index in [2.05, 4.69) is 46.2 Å². The maximum absolute atomic E-state index is 13.1. The van der Waals surface area contributed by atoms with E-state index < -0.39 is 5.76 Å². The van der Waals surface area contributed by atoms with Crippen molar-refractivity contribution in [1.29, 1.82) is 0 Å². The minimum absolute atomic E-state index is 0.167. The number of fused-ring (bicyclic) bond motifs is 2. The van der Waals surface area contributed by atoms with Gasteiger partial charge in [-0.15, -0.1) is 0 Å². The van der Waals surface area contributed by atoms with E-state index in [9.17, 15) is 18.4 Å². The summed E-state index contributed by atoms with van der Waals surface area (Å²) in [6, 6.07) is 27.1. The summed E-state index contributed by atoms with van der Waals surface area (Å²) in [6.45, 7) is 7.79. The summed E-state index contributed by atoms with van der Waals surface area (Å²) in [5, 5.41) is 3.67. The molecule has 0 radical (unpaired) electrons. The second-order valence-corrected chi connectivity index (χ2v) is 16.9. The molecule has 2 aliphatic rings. The van der Waals surface area contributed by atoms with E-state index in [1.807, 2.05) is 48.5 Å². The first-order valence-corrected chi connectivity index (χ1v) is 21.4. The highest BCUT2D eigenvalue weighted by Crippen LogP contribution is 2.36. The Hall–Kier alpha value is -4.80. The van der Waals surface area contributed by atoms with Crippen molar-refractivity contribution in [3.63, 3.8) is 0 Å². The molecule has 308 valence electrons. The standard InChI is InChI=1S/C26H33FN2O2.C22H25FN2O2/c1-18(2)17-29(15-3-4-19-5-10-22(27)11-6-19)23-12-7-20(8-13-23)21-9-14-24-25(16-21)31-26(30)28-24;23-18-8-3-15(4-9-18)2-1-13-24-19-10-5-16(6-11-19)17-7-12-20-21(14-17)27-22(26)25-20/h5-6,9-11,14,16,18,20,23H,3-4,7-8,12-13,15,17H2,1-2H3,(H,28,30);3-4,7-9,12,14,16,19,24H,1-2,5-6,10-11,13H2,(H,25,26). The molecule has 10 heteroatoms. The van der Waals surface area contributed by atoms with Crippen LogP contribution in [0.4, 0.5) is 8.78 Å². The van der Waals surface area contributed by atoms with Crippen LogP contribution in [0.2, 0.25) is 0 Å². The summed E-state index contributed by atoms with van der Waals surface area (Å²) >= 11 is 0. The van der Waals surface area contributed by atoms with Gasteiger partial charge in [-0.3, -0.25) is 9.97 Å². The number of nitrogens with one attached hydrogen (secondary N) is 3. The molecule has 8 nitrogen and oxygen atoms in total. The molecular weight excluding hydrogens is 735 g/mol. The topological polar surface area (TPSA) is 107 Å². The van der Waals surface area contributed by atoms with Crippen LogP contribution in [-0.2, 0) is 12.8 Å². The highest BCUT2D eigenvalue weighted by atomic mass is 19.1. The molecule has 0 amide bonds. The minimum Gasteiger partial charge on any atom is -0.408 e. The van der Waals surface area contributed by atoms with Gasteiger partial charge >= 0.3 is 11.5 Å². The lowest BCUT2D eigenvalue weighted by Crippen LogP contribution is -2.40. The predicted octanol–water partition coefficient (Wildman–Crippen LogP) is 10.4. The van der Waals surface area contributed by atoms with Gasteiger partial charge in [-0.25, -0.2) is 18.4 Å². The number of hydrogen-bond donors (Lipinski definition) is 3. The average molecular weight is 793 g/mol. The molecule has 58 heavy (non-hydrogen) atoms. The van der Waals surface area contributed by atoms with Crippen LogP contribution in [0.1, 0.15) is 112 Å². The van der Waals surface area contributed by atoms with Gasteiger partial charge in [0.05, 0.1) is 11.0 Å². The number of benzene rings is 4. The molecule has 2 aromatic heterocycles. The molecule has 0 spiro atoms. The molecule has 2 heterocycles. The van der Waals surface area contributed by atoms with E-state index >= 15 is 0 Å². The molecule has 0 saturated heterocycles. The van der Waals surface area contributed by atoms with Crippen LogP contribution < -0.4 is 16.8 Å². The van der Waals surface area contributed by atoms with E-state index in [1.165, 1.54) is 47.2 Å². The van der Waals surface area contributed by atoms with E-state index in [0.29, 0.717) is 41.0 Å². The van der Waals surface area contributed by atoms with Crippen LogP contribution >= 0.6 is 0 Å². The molecule has 6 aromatic rings. The van der Waals surface area contributed by atoms with Gasteiger partial charge in [-0.2, -0.15) is 0 Å². The van der Waals surface area contributed by atoms with Gasteiger partial charge in [0.1, 0.15) is 11.6 Å². The monoisotopic (exact) mass is 792 g/mol. The first kappa shape index (κ1) is 41.4. The normalized spacial score (nSPS) is 19.8. The number of rotatable bonds is 14. The Balaban J connectivity index is 0.000000178. The molecule has 3 N–H and O–H groups in total. The van der Waals surface area contributed by atoms with Crippen molar-refractivity contribution in [2.75, 3.05) is 19.6 Å². The summed E-state index contributed by atoms with van der Waals surface area (Å²) in [6.07, 6.45) is 13.5. The Morgan fingerprint density at radius 1 is 0.655 bits per heavy atom. The smallest absolute Gasteiger partial charge is 0.408 e. The number of aromatic amines is 2. The number of hydrogen-bond acceptors (Lipinski definition) is 6. The van der Waals surface area contributed by atoms with Gasteiger partial charge in [0, 0.05) is 18.6 Å². The van der Waals surface area contributed by atoms with Gasteiger partial charge in [0.2, 0.25) is 0 Å². The number of aromatic nitrogens is 2. The first-order chi connectivity index (χ1) is 28.1. The molecule has 0 bridgehead atoms. The summed E-state index contributed by atoms with van der Waals surface area (Å²) < 4.78 is 36.5. The Bertz CT molecular complexity index is 2290. The van der Waals surface area contributed by atoms with Crippen molar-refractivity contribution in [2.24, 2.45) is 5.92 Å². The maximum Gasteiger partial charge on any atom is 0.417 e. The van der Waals surface area contributed by atoms with Crippen LogP contribution in [0.5, 0.6) is 0 Å². The Kier molecular flexibility index (Phi) is 14.1. The number of H-pyrrole nitrogens is 2. The van der Waals surface area contributed by atoms with Gasteiger partial charge < -0.3 is 19.1 Å². The van der Waals surface area contributed by atoms with E-state index in [1.54, 1.807) is 12.1 Å². The predicted molar refractivity (Wildman–Crippen MR) is 228 cm³/mol. The number of nitrogens with zero attached hydrogens (tertiary/aromatic N) is 1. The third-order valence-corrected chi connectivity index (χ3v) is 12.2. The number of oxazole rings is 2. The molecule has 4 aromatic carbocycles. The largest absolute Gasteiger partial charge is 0.417 e. The van der Waals surface area contributed by atoms with E-state index in [-0.39, 0.29) is 17.4 Å². The number of aryl methyl sites for hydroxylation is 2. The van der Waals surface area contributed by atoms with Crippen molar-refractivity contribution in [3.05, 3.63) is 140 Å². The highest BCUT2D eigenvalue weighted by Gasteiger charge is 2.27. The van der Waals surface area contributed by atoms with Gasteiger partial charge in [0.25, 0.3) is 0 Å². The Morgan fingerprint density at radius 3 is 1.64 bits per heavy atom. The van der Waals surface area contributed by atoms with Gasteiger partial charge in [0.15, 0.2) is 11.2 Å². The van der Waals surface area contributed by atoms with Crippen molar-refractivity contribution in [3.8, 4) is 0 Å². The van der Waals surface area contributed by atoms with Crippen molar-refractivity contribution >= 4 is 22.2 Å². The lowest BCUT2D eigenvalue weighted by Gasteiger charge is -2.38. The molecule has 0 unspecified atom stereocenters. The minimum atomic E-state index is -0.393. The molecule has 2 aliphatic carbocycles. The van der Waals surface area contributed by atoms with Crippen LogP contribution in [0.25, 0.3) is 22.2 Å². The maximum atomic E-state index is 13.1. The molecule has 2 fully saturated rings. The summed E-state index contributed by atoms with van der Waals surface area (Å²) in [5.74, 6) is 0.581. The molecule has 0 atom stereocenters.